The van der Waals surface area contributed by atoms with Crippen molar-refractivity contribution in [3.8, 4) is 0 Å². The molecular formula is C55H78N7O23P3S2. The van der Waals surface area contributed by atoms with E-state index in [-0.39, 0.29) is 52.5 Å². The number of phosphoric acid groups is 3. The maximum atomic E-state index is 12.7. The number of likely N-dealkylation sites (N-methyl/N-ethyl adjacent to an activating group) is 1. The number of aliphatic hydroxyl groups is 1. The van der Waals surface area contributed by atoms with E-state index >= 15 is 0 Å². The number of carbonyl (C=O) groups excluding carboxylic acids is 3. The lowest BCUT2D eigenvalue weighted by Gasteiger charge is -2.25. The van der Waals surface area contributed by atoms with Crippen LogP contribution in [0, 0.1) is 0 Å². The number of ether oxygens (including phenoxy) is 1. The predicted molar refractivity (Wildman–Crippen MR) is 326 cm³/mol. The minimum absolute atomic E-state index is 0.0135. The highest BCUT2D eigenvalue weighted by atomic mass is 32.2. The third-order valence-electron chi connectivity index (χ3n) is 15.3. The number of unbranched alkanes of at least 4 members (excludes halogenated alkanes) is 6. The number of benzene rings is 2. The van der Waals surface area contributed by atoms with Gasteiger partial charge in [0, 0.05) is 99.0 Å². The van der Waals surface area contributed by atoms with Gasteiger partial charge < -0.3 is 54.8 Å². The molecule has 1 aromatic heterocycles. The molecule has 1 fully saturated rings. The number of nitrogens with zero attached hydrogens (tertiary/aromatic N) is 3. The number of aromatic nitrogens is 2. The van der Waals surface area contributed by atoms with E-state index in [1.807, 2.05) is 52.8 Å². The molecule has 0 spiro atoms. The maximum absolute atomic E-state index is 12.7. The van der Waals surface area contributed by atoms with Gasteiger partial charge >= 0.3 is 29.2 Å². The first-order valence-corrected chi connectivity index (χ1v) is 36.3. The Bertz CT molecular complexity index is 3780. The number of aromatic amines is 1. The van der Waals surface area contributed by atoms with Crippen LogP contribution in [0.3, 0.4) is 0 Å². The molecule has 4 heterocycles. The molecule has 10 N–H and O–H groups in total. The highest BCUT2D eigenvalue weighted by Crippen LogP contribution is 2.66. The van der Waals surface area contributed by atoms with E-state index < -0.39 is 90.8 Å². The van der Waals surface area contributed by atoms with Crippen LogP contribution in [0.25, 0.3) is 6.08 Å². The van der Waals surface area contributed by atoms with Crippen molar-refractivity contribution in [2.45, 2.75) is 157 Å². The molecule has 0 aliphatic carbocycles. The first kappa shape index (κ1) is 73.4. The van der Waals surface area contributed by atoms with Crippen molar-refractivity contribution in [3.05, 3.63) is 110 Å². The molecule has 3 aliphatic rings. The molecule has 30 nitrogen and oxygen atoms in total. The molecule has 35 heteroatoms. The summed E-state index contributed by atoms with van der Waals surface area (Å²) in [7, 11) is -26.1. The summed E-state index contributed by atoms with van der Waals surface area (Å²) in [5.41, 5.74) is 1.64. The van der Waals surface area contributed by atoms with Crippen molar-refractivity contribution in [3.63, 3.8) is 0 Å². The third-order valence-corrected chi connectivity index (χ3v) is 20.8. The minimum atomic E-state index is -5.79. The summed E-state index contributed by atoms with van der Waals surface area (Å²) in [4.78, 5) is 103. The van der Waals surface area contributed by atoms with Gasteiger partial charge in [0.2, 0.25) is 23.4 Å². The van der Waals surface area contributed by atoms with Crippen LogP contribution in [0.15, 0.2) is 92.0 Å². The summed E-state index contributed by atoms with van der Waals surface area (Å²) in [6.45, 7) is 10.9. The Balaban J connectivity index is 0.840. The zero-order valence-electron chi connectivity index (χ0n) is 50.2. The highest BCUT2D eigenvalue weighted by molar-refractivity contribution is 7.86. The second kappa shape index (κ2) is 30.9. The average Bonchev–Trinajstić information content (AvgIpc) is 1.60. The molecule has 90 heavy (non-hydrogen) atoms. The Kier molecular flexibility index (Phi) is 25.2. The predicted octanol–water partition coefficient (Wildman–Crippen LogP) is 5.06. The topological polar surface area (TPSA) is 449 Å². The number of fused-ring (bicyclic) bond motifs is 2. The first-order chi connectivity index (χ1) is 41.9. The summed E-state index contributed by atoms with van der Waals surface area (Å²) in [6.07, 6.45) is 12.0. The summed E-state index contributed by atoms with van der Waals surface area (Å²) < 4.78 is 125. The molecule has 1 saturated heterocycles. The number of anilines is 1. The van der Waals surface area contributed by atoms with Crippen LogP contribution in [-0.4, -0.2) is 140 Å². The summed E-state index contributed by atoms with van der Waals surface area (Å²) in [5.74, 6) is -0.462. The molecule has 5 atom stereocenters. The Labute approximate surface area is 520 Å². The number of carbonyl (C=O) groups is 3. The second-order valence-corrected chi connectivity index (χ2v) is 29.9. The lowest BCUT2D eigenvalue weighted by molar-refractivity contribution is -0.438. The van der Waals surface area contributed by atoms with Crippen molar-refractivity contribution < 1.29 is 101 Å². The van der Waals surface area contributed by atoms with Gasteiger partial charge in [0.1, 0.15) is 29.0 Å². The van der Waals surface area contributed by atoms with Gasteiger partial charge in [-0.2, -0.15) is 21.6 Å². The molecule has 3 aromatic rings. The van der Waals surface area contributed by atoms with E-state index in [0.29, 0.717) is 95.1 Å². The minimum Gasteiger partial charge on any atom is -0.744 e. The fourth-order valence-corrected chi connectivity index (χ4v) is 14.8. The van der Waals surface area contributed by atoms with E-state index in [9.17, 15) is 78.5 Å². The van der Waals surface area contributed by atoms with Crippen LogP contribution >= 0.6 is 23.5 Å². The van der Waals surface area contributed by atoms with Crippen molar-refractivity contribution in [2.75, 3.05) is 44.2 Å². The summed E-state index contributed by atoms with van der Waals surface area (Å²) in [5, 5.41) is 18.9. The number of H-pyrrole nitrogens is 1. The quantitative estimate of drug-likeness (QED) is 0.0162. The van der Waals surface area contributed by atoms with Gasteiger partial charge in [-0.1, -0.05) is 44.9 Å². The number of nitrogens with one attached hydrogen (secondary N) is 4. The smallest absolute Gasteiger partial charge is 0.490 e. The average molecular weight is 1360 g/mol. The number of hydrogen-bond donors (Lipinski definition) is 10. The van der Waals surface area contributed by atoms with Crippen molar-refractivity contribution in [2.24, 2.45) is 0 Å². The van der Waals surface area contributed by atoms with Crippen LogP contribution in [-0.2, 0) is 77.0 Å². The normalized spacial score (nSPS) is 19.9. The molecule has 0 radical (unpaired) electrons. The van der Waals surface area contributed by atoms with Crippen LogP contribution in [0.4, 0.5) is 11.4 Å². The van der Waals surface area contributed by atoms with Gasteiger partial charge in [-0.05, 0) is 101 Å². The number of phosphoric ester groups is 1. The summed E-state index contributed by atoms with van der Waals surface area (Å²) in [6, 6.07) is 8.96. The molecule has 3 amide bonds. The molecule has 3 aliphatic heterocycles. The zero-order chi connectivity index (χ0) is 66.6. The number of amides is 3. The molecule has 498 valence electrons. The Morgan fingerprint density at radius 1 is 0.789 bits per heavy atom. The summed E-state index contributed by atoms with van der Waals surface area (Å²) >= 11 is 0. The number of allylic oxidation sites excluding steroid dienone is 4. The maximum Gasteiger partial charge on any atom is 0.490 e. The van der Waals surface area contributed by atoms with Gasteiger partial charge in [-0.3, -0.25) is 37.8 Å². The van der Waals surface area contributed by atoms with Crippen molar-refractivity contribution in [1.29, 1.82) is 0 Å². The van der Waals surface area contributed by atoms with Gasteiger partial charge in [0.25, 0.3) is 15.7 Å². The molecule has 2 unspecified atom stereocenters. The first-order valence-electron chi connectivity index (χ1n) is 28.9. The monoisotopic (exact) mass is 1360 g/mol. The molecule has 0 saturated carbocycles. The van der Waals surface area contributed by atoms with Crippen molar-refractivity contribution >= 4 is 84.6 Å². The Morgan fingerprint density at radius 3 is 1.97 bits per heavy atom. The van der Waals surface area contributed by atoms with Crippen LogP contribution in [0.5, 0.6) is 0 Å². The second-order valence-electron chi connectivity index (χ2n) is 22.6. The van der Waals surface area contributed by atoms with Gasteiger partial charge in [-0.15, -0.1) is 0 Å². The fourth-order valence-electron chi connectivity index (χ4n) is 10.8. The Morgan fingerprint density at radius 2 is 1.38 bits per heavy atom. The zero-order valence-corrected chi connectivity index (χ0v) is 54.5. The largest absolute Gasteiger partial charge is 0.744 e. The number of aliphatic hydroxyl groups excluding tert-OH is 1. The van der Waals surface area contributed by atoms with E-state index in [1.54, 1.807) is 12.1 Å². The standard InChI is InChI=1S/C55H78N7O23P3S2/c1-6-60-42-26-24-38(89(76,77)78)32-40(42)54(2,3)46(60)19-16-20-47-55(4,5)41-33-39(90(79,80)81)25-27-43(41)61(47)31-15-9-12-23-49(65)57-29-13-7-10-21-48(64)56-28-14-8-11-22-50(66)58-30-17-18-37-35-62(53(68)59-52(37)67)51-34-44(63)45(83-51)36-82-87(72,73)85-88(74,75)84-86(69,70)71/h16-20,24-27,32-33,35,44-45,51,63H,6-15,21-23,28-31,34,36H2,1-5H3,(H9-,56,57,58,59,64,65,66,67,68,69,70,71,72,73,74,75,76,77,78,79,80,81)/b18-17+/t44-,45+,51+/m0/s1. The van der Waals surface area contributed by atoms with E-state index in [0.717, 1.165) is 46.4 Å². The van der Waals surface area contributed by atoms with E-state index in [1.165, 1.54) is 36.4 Å². The Hall–Kier alpha value is -5.63. The van der Waals surface area contributed by atoms with Gasteiger partial charge in [0.15, 0.2) is 5.71 Å². The van der Waals surface area contributed by atoms with E-state index in [2.05, 4.69) is 43.6 Å². The van der Waals surface area contributed by atoms with E-state index in [4.69, 9.17) is 14.5 Å². The number of hydrogen-bond acceptors (Lipinski definition) is 19. The van der Waals surface area contributed by atoms with Crippen LogP contribution in [0.2, 0.25) is 0 Å². The third kappa shape index (κ3) is 20.4. The lowest BCUT2D eigenvalue weighted by atomic mass is 9.81. The van der Waals surface area contributed by atoms with Crippen LogP contribution in [0.1, 0.15) is 141 Å². The SMILES string of the molecule is CCN1C(=CC=CC2=[N+](CCCCCC(=O)NCCCCCC(=O)NCCCCCC(=O)NC/C=C/c3cn([C@H]4C[C@H](O)[C@@H](COP(=O)(O)OP(=O)(O)OP(=O)(O)O)O4)c(=O)[nH]c3=O)c3ccc(S(=O)(=O)O)cc3C2(C)C)C(C)(C)c2cc(S(=O)(=O)[O-])ccc21. The number of rotatable bonds is 34. The molecule has 6 rings (SSSR count). The van der Waals surface area contributed by atoms with Gasteiger partial charge in [0.05, 0.1) is 33.5 Å². The fraction of sp³-hybridized carbons (Fsp3) is 0.527. The van der Waals surface area contributed by atoms with Gasteiger partial charge in [-0.25, -0.2) is 26.9 Å². The molecule has 2 aromatic carbocycles. The molecule has 0 bridgehead atoms. The molecular weight excluding hydrogens is 1280 g/mol. The van der Waals surface area contributed by atoms with Crippen molar-refractivity contribution in [1.82, 2.24) is 25.5 Å². The highest BCUT2D eigenvalue weighted by Gasteiger charge is 2.46. The van der Waals surface area contributed by atoms with Crippen LogP contribution < -0.4 is 32.1 Å². The lowest BCUT2D eigenvalue weighted by Crippen LogP contribution is -2.33.